The second-order valence-electron chi connectivity index (χ2n) is 11.2. The Bertz CT molecular complexity index is 1810. The lowest BCUT2D eigenvalue weighted by atomic mass is 9.97. The lowest BCUT2D eigenvalue weighted by Gasteiger charge is -2.23. The molecule has 0 saturated heterocycles. The van der Waals surface area contributed by atoms with Gasteiger partial charge in [0.25, 0.3) is 11.8 Å². The molecule has 8 heteroatoms. The summed E-state index contributed by atoms with van der Waals surface area (Å²) in [5, 5.41) is 3.30. The van der Waals surface area contributed by atoms with Gasteiger partial charge in [-0.15, -0.1) is 0 Å². The quantitative estimate of drug-likeness (QED) is 0.189. The van der Waals surface area contributed by atoms with Gasteiger partial charge in [0, 0.05) is 47.4 Å². The van der Waals surface area contributed by atoms with Gasteiger partial charge in [0.2, 0.25) is 0 Å². The molecular formula is C36H34FN3O4. The van der Waals surface area contributed by atoms with Crippen LogP contribution in [0, 0.1) is 5.82 Å². The maximum absolute atomic E-state index is 14.0. The van der Waals surface area contributed by atoms with Crippen LogP contribution < -0.4 is 15.0 Å². The van der Waals surface area contributed by atoms with Gasteiger partial charge in [-0.2, -0.15) is 0 Å². The van der Waals surface area contributed by atoms with E-state index in [9.17, 15) is 14.0 Å². The first-order valence-corrected chi connectivity index (χ1v) is 14.7. The number of fused-ring (bicyclic) bond motifs is 1. The number of nitrogens with one attached hydrogen (secondary N) is 1. The summed E-state index contributed by atoms with van der Waals surface area (Å²) in [6.07, 6.45) is 1.93. The highest BCUT2D eigenvalue weighted by Gasteiger charge is 2.34. The van der Waals surface area contributed by atoms with E-state index in [2.05, 4.69) is 5.32 Å². The van der Waals surface area contributed by atoms with Gasteiger partial charge in [-0.3, -0.25) is 9.59 Å². The zero-order chi connectivity index (χ0) is 30.8. The first-order valence-electron chi connectivity index (χ1n) is 14.7. The summed E-state index contributed by atoms with van der Waals surface area (Å²) < 4.78 is 26.1. The molecule has 0 radical (unpaired) electrons. The molecule has 1 N–H and O–H groups in total. The number of para-hydroxylation sites is 1. The Kier molecular flexibility index (Phi) is 8.17. The molecule has 7 nitrogen and oxygen atoms in total. The molecule has 6 rings (SSSR count). The van der Waals surface area contributed by atoms with Crippen LogP contribution in [0.2, 0.25) is 0 Å². The van der Waals surface area contributed by atoms with Crippen molar-refractivity contribution >= 4 is 28.5 Å². The van der Waals surface area contributed by atoms with E-state index in [1.54, 1.807) is 19.2 Å². The van der Waals surface area contributed by atoms with Crippen molar-refractivity contribution < 1.29 is 23.1 Å². The van der Waals surface area contributed by atoms with Crippen molar-refractivity contribution in [2.24, 2.45) is 0 Å². The minimum atomic E-state index is -0.377. The SMILES string of the molecule is CNC(=O)c1c(-c2ccc(F)cc2)oc2ccc(-c3cc(C(=O)N(c4ccccc4)C4CC4)ccc3OCCN(C)C)cc12. The van der Waals surface area contributed by atoms with Crippen molar-refractivity contribution in [1.29, 1.82) is 0 Å². The number of amides is 2. The number of likely N-dealkylation sites (N-methyl/N-ethyl adjacent to an activating group) is 1. The number of carbonyl (C=O) groups is 2. The van der Waals surface area contributed by atoms with Crippen LogP contribution in [0.25, 0.3) is 33.4 Å². The number of furan rings is 1. The predicted molar refractivity (Wildman–Crippen MR) is 171 cm³/mol. The number of nitrogens with zero attached hydrogens (tertiary/aromatic N) is 2. The molecular weight excluding hydrogens is 557 g/mol. The second kappa shape index (κ2) is 12.3. The second-order valence-corrected chi connectivity index (χ2v) is 11.2. The number of anilines is 1. The fraction of sp³-hybridized carbons (Fsp3) is 0.222. The van der Waals surface area contributed by atoms with Crippen molar-refractivity contribution in [1.82, 2.24) is 10.2 Å². The summed E-state index contributed by atoms with van der Waals surface area (Å²) in [5.41, 5.74) is 4.36. The molecule has 44 heavy (non-hydrogen) atoms. The molecule has 5 aromatic rings. The first-order chi connectivity index (χ1) is 21.3. The number of benzene rings is 4. The Morgan fingerprint density at radius 1 is 0.932 bits per heavy atom. The molecule has 2 amide bonds. The summed E-state index contributed by atoms with van der Waals surface area (Å²) in [6, 6.07) is 26.9. The van der Waals surface area contributed by atoms with Gasteiger partial charge < -0.3 is 24.3 Å². The number of hydrogen-bond donors (Lipinski definition) is 1. The van der Waals surface area contributed by atoms with Crippen LogP contribution in [0.4, 0.5) is 10.1 Å². The fourth-order valence-corrected chi connectivity index (χ4v) is 5.33. The largest absolute Gasteiger partial charge is 0.492 e. The average Bonchev–Trinajstić information content (AvgIpc) is 3.80. The highest BCUT2D eigenvalue weighted by molar-refractivity contribution is 6.12. The molecule has 4 aromatic carbocycles. The van der Waals surface area contributed by atoms with Gasteiger partial charge in [0.15, 0.2) is 0 Å². The molecule has 0 bridgehead atoms. The lowest BCUT2D eigenvalue weighted by Crippen LogP contribution is -2.33. The van der Waals surface area contributed by atoms with E-state index in [0.29, 0.717) is 52.3 Å². The maximum atomic E-state index is 14.0. The molecule has 224 valence electrons. The minimum absolute atomic E-state index is 0.0752. The number of rotatable bonds is 10. The van der Waals surface area contributed by atoms with Crippen LogP contribution in [-0.4, -0.2) is 57.1 Å². The molecule has 1 fully saturated rings. The van der Waals surface area contributed by atoms with Gasteiger partial charge in [-0.05, 0) is 99.2 Å². The fourth-order valence-electron chi connectivity index (χ4n) is 5.33. The zero-order valence-electron chi connectivity index (χ0n) is 25.0. The average molecular weight is 592 g/mol. The summed E-state index contributed by atoms with van der Waals surface area (Å²) in [5.74, 6) is 0.204. The normalized spacial score (nSPS) is 12.8. The first kappa shape index (κ1) is 29.1. The van der Waals surface area contributed by atoms with E-state index in [0.717, 1.165) is 29.7 Å². The summed E-state index contributed by atoms with van der Waals surface area (Å²) in [6.45, 7) is 1.17. The third-order valence-corrected chi connectivity index (χ3v) is 7.75. The monoisotopic (exact) mass is 591 g/mol. The van der Waals surface area contributed by atoms with E-state index < -0.39 is 0 Å². The molecule has 1 heterocycles. The number of hydrogen-bond acceptors (Lipinski definition) is 5. The van der Waals surface area contributed by atoms with Gasteiger partial charge >= 0.3 is 0 Å². The van der Waals surface area contributed by atoms with Crippen molar-refractivity contribution in [3.8, 4) is 28.2 Å². The summed E-state index contributed by atoms with van der Waals surface area (Å²) >= 11 is 0. The molecule has 0 atom stereocenters. The van der Waals surface area contributed by atoms with E-state index in [1.807, 2.05) is 90.6 Å². The predicted octanol–water partition coefficient (Wildman–Crippen LogP) is 7.02. The van der Waals surface area contributed by atoms with E-state index in [4.69, 9.17) is 9.15 Å². The third kappa shape index (κ3) is 5.94. The molecule has 0 spiro atoms. The van der Waals surface area contributed by atoms with Crippen LogP contribution in [-0.2, 0) is 0 Å². The molecule has 1 aromatic heterocycles. The van der Waals surface area contributed by atoms with Crippen LogP contribution in [0.3, 0.4) is 0 Å². The zero-order valence-corrected chi connectivity index (χ0v) is 25.0. The molecule has 1 saturated carbocycles. The van der Waals surface area contributed by atoms with E-state index in [1.165, 1.54) is 12.1 Å². The molecule has 1 aliphatic rings. The highest BCUT2D eigenvalue weighted by Crippen LogP contribution is 2.39. The Morgan fingerprint density at radius 2 is 1.66 bits per heavy atom. The van der Waals surface area contributed by atoms with Crippen molar-refractivity contribution in [3.63, 3.8) is 0 Å². The molecule has 0 aliphatic heterocycles. The maximum Gasteiger partial charge on any atom is 0.258 e. The van der Waals surface area contributed by atoms with E-state index >= 15 is 0 Å². The Morgan fingerprint density at radius 3 is 2.34 bits per heavy atom. The smallest absolute Gasteiger partial charge is 0.258 e. The Hall–Kier alpha value is -4.95. The van der Waals surface area contributed by atoms with Gasteiger partial charge in [-0.1, -0.05) is 24.3 Å². The van der Waals surface area contributed by atoms with Crippen LogP contribution in [0.5, 0.6) is 5.75 Å². The van der Waals surface area contributed by atoms with Crippen LogP contribution in [0.15, 0.2) is 95.4 Å². The third-order valence-electron chi connectivity index (χ3n) is 7.75. The van der Waals surface area contributed by atoms with Crippen molar-refractivity contribution in [2.75, 3.05) is 39.2 Å². The lowest BCUT2D eigenvalue weighted by molar-refractivity contribution is 0.0962. The van der Waals surface area contributed by atoms with Gasteiger partial charge in [-0.25, -0.2) is 4.39 Å². The summed E-state index contributed by atoms with van der Waals surface area (Å²) in [4.78, 5) is 31.1. The summed E-state index contributed by atoms with van der Waals surface area (Å²) in [7, 11) is 5.52. The van der Waals surface area contributed by atoms with Gasteiger partial charge in [0.05, 0.1) is 5.56 Å². The Labute approximate surface area is 255 Å². The standard InChI is InChI=1S/C36H34FN3O4/c1-38-35(41)33-30-21-24(11-18-32(30)44-34(33)23-9-13-26(37)14-10-23)29-22-25(12-17-31(29)43-20-19-39(2)3)36(42)40(28-15-16-28)27-7-5-4-6-8-27/h4-14,17-18,21-22,28H,15-16,19-20H2,1-3H3,(H,38,41). The van der Waals surface area contributed by atoms with E-state index in [-0.39, 0.29) is 23.7 Å². The van der Waals surface area contributed by atoms with Crippen LogP contribution >= 0.6 is 0 Å². The minimum Gasteiger partial charge on any atom is -0.492 e. The molecule has 1 aliphatic carbocycles. The van der Waals surface area contributed by atoms with Gasteiger partial charge in [0.1, 0.15) is 29.5 Å². The Balaban J connectivity index is 1.46. The number of halogens is 1. The van der Waals surface area contributed by atoms with Crippen molar-refractivity contribution in [3.05, 3.63) is 108 Å². The van der Waals surface area contributed by atoms with Crippen LogP contribution in [0.1, 0.15) is 33.6 Å². The molecule has 0 unspecified atom stereocenters. The topological polar surface area (TPSA) is 75.0 Å². The number of ether oxygens (including phenoxy) is 1. The van der Waals surface area contributed by atoms with Crippen molar-refractivity contribution in [2.45, 2.75) is 18.9 Å². The highest BCUT2D eigenvalue weighted by atomic mass is 19.1. The number of carbonyl (C=O) groups excluding carboxylic acids is 2.